The quantitative estimate of drug-likeness (QED) is 0.641. The monoisotopic (exact) mass is 166 g/mol. The molecule has 0 radical (unpaired) electrons. The van der Waals surface area contributed by atoms with E-state index in [-0.39, 0.29) is 11.5 Å². The number of H-pyrrole nitrogens is 1. The van der Waals surface area contributed by atoms with Gasteiger partial charge in [0, 0.05) is 18.2 Å². The van der Waals surface area contributed by atoms with E-state index in [1.165, 1.54) is 12.3 Å². The molecule has 0 aliphatic rings. The first-order chi connectivity index (χ1) is 5.65. The van der Waals surface area contributed by atoms with Crippen molar-refractivity contribution in [2.24, 2.45) is 0 Å². The van der Waals surface area contributed by atoms with Gasteiger partial charge in [0.25, 0.3) is 0 Å². The minimum absolute atomic E-state index is 0.0631. The van der Waals surface area contributed by atoms with E-state index in [1.54, 1.807) is 6.92 Å². The lowest BCUT2D eigenvalue weighted by molar-refractivity contribution is -0.255. The third-order valence-electron chi connectivity index (χ3n) is 1.55. The number of ketones is 1. The number of carbonyl (C=O) groups is 2. The SMILES string of the molecule is CCC(=O)c1c[nH]c(C(=O)[O-])c1. The van der Waals surface area contributed by atoms with Crippen LogP contribution in [0.3, 0.4) is 0 Å². The zero-order chi connectivity index (χ0) is 9.14. The molecule has 64 valence electrons. The van der Waals surface area contributed by atoms with Crippen molar-refractivity contribution in [1.29, 1.82) is 0 Å². The molecule has 0 spiro atoms. The second kappa shape index (κ2) is 3.21. The van der Waals surface area contributed by atoms with Gasteiger partial charge in [-0.25, -0.2) is 0 Å². The molecule has 1 aromatic rings. The Hall–Kier alpha value is -1.58. The van der Waals surface area contributed by atoms with Crippen molar-refractivity contribution in [3.05, 3.63) is 23.5 Å². The fourth-order valence-corrected chi connectivity index (χ4v) is 0.877. The van der Waals surface area contributed by atoms with Crippen LogP contribution in [0.15, 0.2) is 12.3 Å². The smallest absolute Gasteiger partial charge is 0.164 e. The van der Waals surface area contributed by atoms with Gasteiger partial charge in [-0.3, -0.25) is 4.79 Å². The molecule has 4 heteroatoms. The second-order valence-electron chi connectivity index (χ2n) is 2.37. The van der Waals surface area contributed by atoms with E-state index in [0.717, 1.165) is 0 Å². The maximum absolute atomic E-state index is 11.0. The lowest BCUT2D eigenvalue weighted by Crippen LogP contribution is -2.22. The molecule has 0 unspecified atom stereocenters. The van der Waals surface area contributed by atoms with Crippen LogP contribution in [0.5, 0.6) is 0 Å². The van der Waals surface area contributed by atoms with E-state index in [4.69, 9.17) is 0 Å². The van der Waals surface area contributed by atoms with Crippen molar-refractivity contribution in [3.63, 3.8) is 0 Å². The average Bonchev–Trinajstić information content (AvgIpc) is 2.51. The molecule has 0 atom stereocenters. The first-order valence-corrected chi connectivity index (χ1v) is 3.58. The van der Waals surface area contributed by atoms with Crippen LogP contribution < -0.4 is 5.11 Å². The molecule has 1 N–H and O–H groups in total. The van der Waals surface area contributed by atoms with Crippen LogP contribution in [0.25, 0.3) is 0 Å². The number of rotatable bonds is 3. The predicted molar refractivity (Wildman–Crippen MR) is 39.7 cm³/mol. The minimum Gasteiger partial charge on any atom is -0.543 e. The van der Waals surface area contributed by atoms with Gasteiger partial charge in [-0.1, -0.05) is 6.92 Å². The molecule has 0 saturated heterocycles. The lowest BCUT2D eigenvalue weighted by Gasteiger charge is -1.94. The number of aromatic nitrogens is 1. The molecule has 0 aliphatic carbocycles. The number of aromatic carboxylic acids is 1. The summed E-state index contributed by atoms with van der Waals surface area (Å²) in [5, 5.41) is 10.3. The van der Waals surface area contributed by atoms with Gasteiger partial charge in [0.1, 0.15) is 0 Å². The van der Waals surface area contributed by atoms with Crippen LogP contribution in [0.4, 0.5) is 0 Å². The highest BCUT2D eigenvalue weighted by molar-refractivity contribution is 5.98. The Morgan fingerprint density at radius 1 is 1.58 bits per heavy atom. The van der Waals surface area contributed by atoms with Crippen LogP contribution in [-0.4, -0.2) is 16.7 Å². The van der Waals surface area contributed by atoms with Gasteiger partial charge in [-0.2, -0.15) is 0 Å². The summed E-state index contributed by atoms with van der Waals surface area (Å²) in [6.45, 7) is 1.72. The highest BCUT2D eigenvalue weighted by Crippen LogP contribution is 2.05. The summed E-state index contributed by atoms with van der Waals surface area (Å²) in [6, 6.07) is 1.28. The third-order valence-corrected chi connectivity index (χ3v) is 1.55. The lowest BCUT2D eigenvalue weighted by atomic mass is 10.2. The summed E-state index contributed by atoms with van der Waals surface area (Å²) in [5.41, 5.74) is 0.323. The molecule has 0 fully saturated rings. The Bertz CT molecular complexity index is 314. The van der Waals surface area contributed by atoms with E-state index in [1.807, 2.05) is 0 Å². The van der Waals surface area contributed by atoms with Crippen molar-refractivity contribution in [3.8, 4) is 0 Å². The number of carboxylic acid groups (broad SMARTS) is 1. The van der Waals surface area contributed by atoms with Crippen molar-refractivity contribution < 1.29 is 14.7 Å². The van der Waals surface area contributed by atoms with Crippen LogP contribution in [0.2, 0.25) is 0 Å². The van der Waals surface area contributed by atoms with Gasteiger partial charge in [-0.05, 0) is 6.07 Å². The van der Waals surface area contributed by atoms with Crippen LogP contribution >= 0.6 is 0 Å². The summed E-state index contributed by atoms with van der Waals surface area (Å²) >= 11 is 0. The van der Waals surface area contributed by atoms with Gasteiger partial charge in [-0.15, -0.1) is 0 Å². The van der Waals surface area contributed by atoms with Crippen LogP contribution in [0, 0.1) is 0 Å². The Morgan fingerprint density at radius 2 is 2.25 bits per heavy atom. The van der Waals surface area contributed by atoms with Gasteiger partial charge in [0.15, 0.2) is 5.78 Å². The van der Waals surface area contributed by atoms with E-state index in [9.17, 15) is 14.7 Å². The van der Waals surface area contributed by atoms with Crippen LogP contribution in [-0.2, 0) is 0 Å². The molecule has 0 amide bonds. The maximum Gasteiger partial charge on any atom is 0.164 e. The Labute approximate surface area is 69.2 Å². The Kier molecular flexibility index (Phi) is 2.28. The van der Waals surface area contributed by atoms with Gasteiger partial charge in [0.2, 0.25) is 0 Å². The van der Waals surface area contributed by atoms with E-state index in [2.05, 4.69) is 4.98 Å². The summed E-state index contributed by atoms with van der Waals surface area (Å²) < 4.78 is 0. The fourth-order valence-electron chi connectivity index (χ4n) is 0.877. The molecule has 1 heterocycles. The molecule has 0 aliphatic heterocycles. The number of carboxylic acids is 1. The molecule has 0 saturated carbocycles. The van der Waals surface area contributed by atoms with E-state index in [0.29, 0.717) is 12.0 Å². The first kappa shape index (κ1) is 8.52. The van der Waals surface area contributed by atoms with Crippen molar-refractivity contribution in [1.82, 2.24) is 4.98 Å². The normalized spacial score (nSPS) is 9.75. The number of hydrogen-bond acceptors (Lipinski definition) is 3. The first-order valence-electron chi connectivity index (χ1n) is 3.58. The van der Waals surface area contributed by atoms with Gasteiger partial charge in [0.05, 0.1) is 11.7 Å². The average molecular weight is 166 g/mol. The zero-order valence-corrected chi connectivity index (χ0v) is 6.59. The standard InChI is InChI=1S/C8H9NO3/c1-2-7(10)5-3-6(8(11)12)9-4-5/h3-4,9H,2H2,1H3,(H,11,12)/p-1. The summed E-state index contributed by atoms with van der Waals surface area (Å²) in [6.07, 6.45) is 1.74. The van der Waals surface area contributed by atoms with Crippen LogP contribution in [0.1, 0.15) is 34.2 Å². The number of Topliss-reactive ketones (excluding diaryl/α,β-unsaturated/α-hetero) is 1. The fraction of sp³-hybridized carbons (Fsp3) is 0.250. The zero-order valence-electron chi connectivity index (χ0n) is 6.59. The molecular formula is C8H8NO3-. The third kappa shape index (κ3) is 1.53. The number of aromatic amines is 1. The minimum atomic E-state index is -1.30. The second-order valence-corrected chi connectivity index (χ2v) is 2.37. The van der Waals surface area contributed by atoms with Crippen molar-refractivity contribution >= 4 is 11.8 Å². The largest absolute Gasteiger partial charge is 0.543 e. The van der Waals surface area contributed by atoms with E-state index < -0.39 is 5.97 Å². The number of hydrogen-bond donors (Lipinski definition) is 1. The van der Waals surface area contributed by atoms with Gasteiger partial charge >= 0.3 is 0 Å². The van der Waals surface area contributed by atoms with Crippen molar-refractivity contribution in [2.75, 3.05) is 0 Å². The molecule has 12 heavy (non-hydrogen) atoms. The molecule has 1 aromatic heterocycles. The van der Waals surface area contributed by atoms with Crippen molar-refractivity contribution in [2.45, 2.75) is 13.3 Å². The molecule has 1 rings (SSSR count). The summed E-state index contributed by atoms with van der Waals surface area (Å²) in [5.74, 6) is -1.39. The highest BCUT2D eigenvalue weighted by Gasteiger charge is 2.05. The maximum atomic E-state index is 11.0. The summed E-state index contributed by atoms with van der Waals surface area (Å²) in [4.78, 5) is 23.7. The Balaban J connectivity index is 2.91. The predicted octanol–water partition coefficient (Wildman–Crippen LogP) is -0.0291. The highest BCUT2D eigenvalue weighted by atomic mass is 16.4. The number of carbonyl (C=O) groups excluding carboxylic acids is 2. The molecular weight excluding hydrogens is 158 g/mol. The van der Waals surface area contributed by atoms with E-state index >= 15 is 0 Å². The molecule has 0 bridgehead atoms. The molecule has 4 nitrogen and oxygen atoms in total. The number of nitrogens with one attached hydrogen (secondary N) is 1. The Morgan fingerprint density at radius 3 is 2.67 bits per heavy atom. The topological polar surface area (TPSA) is 73.0 Å². The molecule has 0 aromatic carbocycles. The van der Waals surface area contributed by atoms with Gasteiger partial charge < -0.3 is 14.9 Å². The summed E-state index contributed by atoms with van der Waals surface area (Å²) in [7, 11) is 0.